The first-order valence-electron chi connectivity index (χ1n) is 10.2. The fraction of sp³-hybridized carbons (Fsp3) is 0.435. The summed E-state index contributed by atoms with van der Waals surface area (Å²) in [5, 5.41) is 8.15. The van der Waals surface area contributed by atoms with Gasteiger partial charge in [-0.3, -0.25) is 0 Å². The highest BCUT2D eigenvalue weighted by molar-refractivity contribution is 6.30. The van der Waals surface area contributed by atoms with Crippen LogP contribution in [0.2, 0.25) is 5.02 Å². The van der Waals surface area contributed by atoms with E-state index in [-0.39, 0.29) is 11.8 Å². The molecule has 0 radical (unpaired) electrons. The Labute approximate surface area is 171 Å². The number of nitrogens with zero attached hydrogens (tertiary/aromatic N) is 3. The molecule has 28 heavy (non-hydrogen) atoms. The van der Waals surface area contributed by atoms with Crippen LogP contribution < -0.4 is 4.74 Å². The lowest BCUT2D eigenvalue weighted by atomic mass is 9.90. The van der Waals surface area contributed by atoms with Gasteiger partial charge in [0.1, 0.15) is 5.75 Å². The maximum absolute atomic E-state index is 6.68. The molecular formula is C23H26ClN3O. The van der Waals surface area contributed by atoms with Crippen LogP contribution >= 0.6 is 11.6 Å². The summed E-state index contributed by atoms with van der Waals surface area (Å²) in [4.78, 5) is 2.53. The molecule has 3 aliphatic rings. The third kappa shape index (κ3) is 2.90. The number of rotatable bonds is 2. The summed E-state index contributed by atoms with van der Waals surface area (Å²) < 4.78 is 6.68. The zero-order valence-corrected chi connectivity index (χ0v) is 17.2. The van der Waals surface area contributed by atoms with E-state index in [2.05, 4.69) is 60.2 Å². The van der Waals surface area contributed by atoms with E-state index in [1.54, 1.807) is 0 Å². The molecule has 0 unspecified atom stereocenters. The lowest BCUT2D eigenvalue weighted by molar-refractivity contribution is -0.152. The Morgan fingerprint density at radius 2 is 1.79 bits per heavy atom. The minimum atomic E-state index is -0.349. The van der Waals surface area contributed by atoms with Gasteiger partial charge in [0.2, 0.25) is 5.72 Å². The standard InChI is InChI=1S/C23H26ClN3O/c1-16(2)26-13-11-23(12-14-26)27-21(19-5-3-4-6-22(19)28-23)15-20(25-27)17-7-9-18(24)10-8-17/h3-10,16,21H,11-15H2,1-2H3/t21-/m1/s1. The number of likely N-dealkylation sites (tertiary alicyclic amines) is 1. The molecule has 4 nitrogen and oxygen atoms in total. The Balaban J connectivity index is 1.53. The molecule has 2 aromatic rings. The average molecular weight is 396 g/mol. The molecular weight excluding hydrogens is 370 g/mol. The first-order valence-corrected chi connectivity index (χ1v) is 10.6. The first-order chi connectivity index (χ1) is 13.6. The normalized spacial score (nSPS) is 23.4. The second-order valence-corrected chi connectivity index (χ2v) is 8.77. The molecule has 0 aliphatic carbocycles. The van der Waals surface area contributed by atoms with E-state index in [9.17, 15) is 0 Å². The third-order valence-electron chi connectivity index (χ3n) is 6.39. The highest BCUT2D eigenvalue weighted by atomic mass is 35.5. The number of halogens is 1. The Morgan fingerprint density at radius 3 is 2.50 bits per heavy atom. The van der Waals surface area contributed by atoms with Gasteiger partial charge in [0.15, 0.2) is 0 Å². The number of ether oxygens (including phenoxy) is 1. The van der Waals surface area contributed by atoms with Crippen molar-refractivity contribution in [3.05, 3.63) is 64.7 Å². The number of hydrazone groups is 1. The number of hydrogen-bond donors (Lipinski definition) is 0. The Kier molecular flexibility index (Phi) is 4.37. The number of piperidine rings is 1. The monoisotopic (exact) mass is 395 g/mol. The molecule has 0 aromatic heterocycles. The zero-order valence-electron chi connectivity index (χ0n) is 16.4. The lowest BCUT2D eigenvalue weighted by Gasteiger charge is -2.51. The maximum Gasteiger partial charge on any atom is 0.200 e. The van der Waals surface area contributed by atoms with Crippen molar-refractivity contribution >= 4 is 17.3 Å². The van der Waals surface area contributed by atoms with Crippen molar-refractivity contribution in [2.24, 2.45) is 5.10 Å². The Morgan fingerprint density at radius 1 is 1.07 bits per heavy atom. The van der Waals surface area contributed by atoms with Gasteiger partial charge in [-0.1, -0.05) is 41.9 Å². The van der Waals surface area contributed by atoms with Crippen molar-refractivity contribution in [2.45, 2.75) is 50.9 Å². The van der Waals surface area contributed by atoms with Gasteiger partial charge in [-0.2, -0.15) is 5.10 Å². The van der Waals surface area contributed by atoms with Gasteiger partial charge in [-0.15, -0.1) is 0 Å². The predicted molar refractivity (Wildman–Crippen MR) is 113 cm³/mol. The van der Waals surface area contributed by atoms with Crippen molar-refractivity contribution in [1.29, 1.82) is 0 Å². The minimum absolute atomic E-state index is 0.237. The molecule has 0 saturated carbocycles. The SMILES string of the molecule is CC(C)N1CCC2(CC1)Oc1ccccc1[C@H]1CC(c3ccc(Cl)cc3)=NN12. The summed E-state index contributed by atoms with van der Waals surface area (Å²) in [7, 11) is 0. The van der Waals surface area contributed by atoms with Gasteiger partial charge in [0, 0.05) is 49.0 Å². The van der Waals surface area contributed by atoms with Crippen LogP contribution in [0, 0.1) is 0 Å². The third-order valence-corrected chi connectivity index (χ3v) is 6.64. The molecule has 0 N–H and O–H groups in total. The van der Waals surface area contributed by atoms with Gasteiger partial charge in [-0.05, 0) is 37.6 Å². The van der Waals surface area contributed by atoms with E-state index in [1.807, 2.05) is 12.1 Å². The molecule has 146 valence electrons. The van der Waals surface area contributed by atoms with Gasteiger partial charge in [0.05, 0.1) is 11.8 Å². The molecule has 0 bridgehead atoms. The van der Waals surface area contributed by atoms with Crippen LogP contribution in [0.4, 0.5) is 0 Å². The van der Waals surface area contributed by atoms with Crippen LogP contribution in [0.5, 0.6) is 5.75 Å². The second-order valence-electron chi connectivity index (χ2n) is 8.33. The zero-order chi connectivity index (χ0) is 19.3. The lowest BCUT2D eigenvalue weighted by Crippen LogP contribution is -2.59. The summed E-state index contributed by atoms with van der Waals surface area (Å²) in [5.41, 5.74) is 3.16. The van der Waals surface area contributed by atoms with Crippen molar-refractivity contribution in [2.75, 3.05) is 13.1 Å². The van der Waals surface area contributed by atoms with E-state index >= 15 is 0 Å². The predicted octanol–water partition coefficient (Wildman–Crippen LogP) is 5.08. The molecule has 5 heteroatoms. The fourth-order valence-corrected chi connectivity index (χ4v) is 4.89. The summed E-state index contributed by atoms with van der Waals surface area (Å²) in [6, 6.07) is 17.3. The Bertz CT molecular complexity index is 900. The van der Waals surface area contributed by atoms with Crippen LogP contribution in [-0.2, 0) is 0 Å². The molecule has 3 aliphatic heterocycles. The summed E-state index contributed by atoms with van der Waals surface area (Å²) in [5.74, 6) is 1.02. The van der Waals surface area contributed by atoms with Crippen LogP contribution in [0.25, 0.3) is 0 Å². The van der Waals surface area contributed by atoms with Crippen molar-refractivity contribution in [1.82, 2.24) is 9.91 Å². The quantitative estimate of drug-likeness (QED) is 0.709. The largest absolute Gasteiger partial charge is 0.466 e. The molecule has 1 saturated heterocycles. The molecule has 1 atom stereocenters. The van der Waals surface area contributed by atoms with Crippen LogP contribution in [0.1, 0.15) is 50.3 Å². The van der Waals surface area contributed by atoms with Gasteiger partial charge in [-0.25, -0.2) is 5.01 Å². The number of fused-ring (bicyclic) bond motifs is 4. The summed E-state index contributed by atoms with van der Waals surface area (Å²) in [6.45, 7) is 6.61. The first kappa shape index (κ1) is 18.0. The molecule has 2 aromatic carbocycles. The summed E-state index contributed by atoms with van der Waals surface area (Å²) in [6.07, 6.45) is 2.83. The molecule has 0 amide bonds. The smallest absolute Gasteiger partial charge is 0.200 e. The van der Waals surface area contributed by atoms with E-state index in [0.29, 0.717) is 6.04 Å². The number of benzene rings is 2. The molecule has 1 fully saturated rings. The number of para-hydroxylation sites is 1. The van der Waals surface area contributed by atoms with Gasteiger partial charge < -0.3 is 9.64 Å². The minimum Gasteiger partial charge on any atom is -0.466 e. The topological polar surface area (TPSA) is 28.1 Å². The van der Waals surface area contributed by atoms with E-state index in [1.165, 1.54) is 5.56 Å². The van der Waals surface area contributed by atoms with Crippen molar-refractivity contribution < 1.29 is 4.74 Å². The molecule has 3 heterocycles. The van der Waals surface area contributed by atoms with Crippen LogP contribution in [0.3, 0.4) is 0 Å². The Hall–Kier alpha value is -2.04. The van der Waals surface area contributed by atoms with E-state index in [4.69, 9.17) is 21.4 Å². The van der Waals surface area contributed by atoms with Crippen LogP contribution in [-0.4, -0.2) is 40.5 Å². The van der Waals surface area contributed by atoms with E-state index < -0.39 is 0 Å². The molecule has 1 spiro atoms. The van der Waals surface area contributed by atoms with Gasteiger partial charge >= 0.3 is 0 Å². The van der Waals surface area contributed by atoms with E-state index in [0.717, 1.165) is 54.4 Å². The van der Waals surface area contributed by atoms with Crippen molar-refractivity contribution in [3.8, 4) is 5.75 Å². The fourth-order valence-electron chi connectivity index (χ4n) is 4.77. The van der Waals surface area contributed by atoms with Crippen LogP contribution in [0.15, 0.2) is 53.6 Å². The maximum atomic E-state index is 6.68. The molecule has 5 rings (SSSR count). The summed E-state index contributed by atoms with van der Waals surface area (Å²) >= 11 is 6.09. The van der Waals surface area contributed by atoms with Gasteiger partial charge in [0.25, 0.3) is 0 Å². The average Bonchev–Trinajstić information content (AvgIpc) is 3.16. The highest BCUT2D eigenvalue weighted by Gasteiger charge is 2.51. The second kappa shape index (κ2) is 6.78. The number of hydrogen-bond acceptors (Lipinski definition) is 4. The van der Waals surface area contributed by atoms with Crippen molar-refractivity contribution in [3.63, 3.8) is 0 Å². The highest BCUT2D eigenvalue weighted by Crippen LogP contribution is 2.50.